The second kappa shape index (κ2) is 8.24. The highest BCUT2D eigenvalue weighted by Crippen LogP contribution is 2.37. The number of aryl methyl sites for hydroxylation is 2. The fraction of sp³-hybridized carbons (Fsp3) is 0.474. The molecule has 1 fully saturated rings. The third-order valence-electron chi connectivity index (χ3n) is 4.64. The fourth-order valence-electron chi connectivity index (χ4n) is 3.41. The maximum atomic E-state index is 13.3. The van der Waals surface area contributed by atoms with E-state index >= 15 is 0 Å². The number of thiazole rings is 1. The van der Waals surface area contributed by atoms with Crippen molar-refractivity contribution in [3.63, 3.8) is 0 Å². The van der Waals surface area contributed by atoms with Crippen molar-refractivity contribution < 1.29 is 24.1 Å². The van der Waals surface area contributed by atoms with Crippen LogP contribution in [0.4, 0.5) is 0 Å². The van der Waals surface area contributed by atoms with Crippen LogP contribution in [0.25, 0.3) is 0 Å². The summed E-state index contributed by atoms with van der Waals surface area (Å²) < 4.78 is 16.4. The third kappa shape index (κ3) is 3.78. The van der Waals surface area contributed by atoms with Crippen molar-refractivity contribution in [2.75, 3.05) is 34.0 Å². The Hall–Kier alpha value is -2.16. The molecule has 2 heterocycles. The Morgan fingerprint density at radius 3 is 2.67 bits per heavy atom. The number of aromatic nitrogens is 1. The van der Waals surface area contributed by atoms with E-state index in [9.17, 15) is 9.90 Å². The molecule has 0 aliphatic carbocycles. The monoisotopic (exact) mass is 392 g/mol. The number of aliphatic hydroxyl groups excluding tert-OH is 1. The zero-order valence-corrected chi connectivity index (χ0v) is 16.7. The van der Waals surface area contributed by atoms with Crippen LogP contribution in [-0.4, -0.2) is 61.0 Å². The Balaban J connectivity index is 2.02. The summed E-state index contributed by atoms with van der Waals surface area (Å²) in [7, 11) is 3.14. The van der Waals surface area contributed by atoms with Gasteiger partial charge in [0, 0.05) is 6.54 Å². The lowest BCUT2D eigenvalue weighted by atomic mass is 9.97. The Morgan fingerprint density at radius 1 is 1.33 bits per heavy atom. The van der Waals surface area contributed by atoms with Crippen LogP contribution in [0.1, 0.15) is 32.0 Å². The van der Waals surface area contributed by atoms with Crippen molar-refractivity contribution in [1.29, 1.82) is 0 Å². The lowest BCUT2D eigenvalue weighted by Crippen LogP contribution is -2.49. The van der Waals surface area contributed by atoms with Crippen molar-refractivity contribution in [3.05, 3.63) is 39.3 Å². The molecule has 1 aliphatic rings. The zero-order chi connectivity index (χ0) is 19.6. The van der Waals surface area contributed by atoms with Gasteiger partial charge in [-0.2, -0.15) is 0 Å². The SMILES string of the molecule is COc1ccc([C@@H]2[C@@H](CO)OCCN2C(=O)c2sc(C)nc2C)cc1OC. The number of carbonyl (C=O) groups excluding carboxylic acids is 1. The van der Waals surface area contributed by atoms with Crippen LogP contribution in [0.5, 0.6) is 11.5 Å². The highest BCUT2D eigenvalue weighted by atomic mass is 32.1. The third-order valence-corrected chi connectivity index (χ3v) is 5.70. The fourth-order valence-corrected chi connectivity index (χ4v) is 4.28. The van der Waals surface area contributed by atoms with E-state index in [1.165, 1.54) is 11.3 Å². The molecule has 1 amide bonds. The van der Waals surface area contributed by atoms with Gasteiger partial charge in [-0.3, -0.25) is 4.79 Å². The lowest BCUT2D eigenvalue weighted by Gasteiger charge is -2.40. The highest BCUT2D eigenvalue weighted by Gasteiger charge is 2.38. The molecule has 2 atom stereocenters. The molecule has 7 nitrogen and oxygen atoms in total. The quantitative estimate of drug-likeness (QED) is 0.841. The van der Waals surface area contributed by atoms with Crippen molar-refractivity contribution in [3.8, 4) is 11.5 Å². The molecular weight excluding hydrogens is 368 g/mol. The molecule has 146 valence electrons. The van der Waals surface area contributed by atoms with Gasteiger partial charge in [-0.05, 0) is 31.5 Å². The van der Waals surface area contributed by atoms with Gasteiger partial charge in [-0.15, -0.1) is 11.3 Å². The van der Waals surface area contributed by atoms with E-state index in [4.69, 9.17) is 14.2 Å². The summed E-state index contributed by atoms with van der Waals surface area (Å²) in [5.41, 5.74) is 1.54. The number of morpholine rings is 1. The molecule has 27 heavy (non-hydrogen) atoms. The number of methoxy groups -OCH3 is 2. The first-order valence-electron chi connectivity index (χ1n) is 8.69. The maximum absolute atomic E-state index is 13.3. The zero-order valence-electron chi connectivity index (χ0n) is 15.9. The number of ether oxygens (including phenoxy) is 3. The van der Waals surface area contributed by atoms with Gasteiger partial charge in [-0.25, -0.2) is 4.98 Å². The molecule has 0 radical (unpaired) electrons. The molecule has 0 unspecified atom stereocenters. The maximum Gasteiger partial charge on any atom is 0.266 e. The van der Waals surface area contributed by atoms with Gasteiger partial charge in [-0.1, -0.05) is 6.07 Å². The molecule has 2 aromatic rings. The van der Waals surface area contributed by atoms with Crippen LogP contribution in [0.2, 0.25) is 0 Å². The van der Waals surface area contributed by atoms with Gasteiger partial charge in [0.1, 0.15) is 11.0 Å². The number of hydrogen-bond acceptors (Lipinski definition) is 7. The van der Waals surface area contributed by atoms with E-state index in [0.29, 0.717) is 29.5 Å². The number of carbonyl (C=O) groups is 1. The van der Waals surface area contributed by atoms with Crippen LogP contribution in [0.15, 0.2) is 18.2 Å². The number of benzene rings is 1. The van der Waals surface area contributed by atoms with Gasteiger partial charge in [0.05, 0.1) is 44.2 Å². The summed E-state index contributed by atoms with van der Waals surface area (Å²) in [5, 5.41) is 10.7. The predicted molar refractivity (Wildman–Crippen MR) is 102 cm³/mol. The lowest BCUT2D eigenvalue weighted by molar-refractivity contribution is -0.0810. The summed E-state index contributed by atoms with van der Waals surface area (Å²) >= 11 is 1.39. The molecule has 1 saturated heterocycles. The molecule has 1 aromatic carbocycles. The highest BCUT2D eigenvalue weighted by molar-refractivity contribution is 7.13. The van der Waals surface area contributed by atoms with E-state index in [0.717, 1.165) is 16.3 Å². The number of hydrogen-bond donors (Lipinski definition) is 1. The first-order valence-corrected chi connectivity index (χ1v) is 9.51. The molecule has 8 heteroatoms. The number of aliphatic hydroxyl groups is 1. The van der Waals surface area contributed by atoms with E-state index in [1.807, 2.05) is 26.0 Å². The number of nitrogens with zero attached hydrogens (tertiary/aromatic N) is 2. The summed E-state index contributed by atoms with van der Waals surface area (Å²) in [4.78, 5) is 20.0. The van der Waals surface area contributed by atoms with Crippen molar-refractivity contribution in [2.24, 2.45) is 0 Å². The van der Waals surface area contributed by atoms with E-state index < -0.39 is 12.1 Å². The molecule has 1 aliphatic heterocycles. The average molecular weight is 392 g/mol. The standard InChI is InChI=1S/C19H24N2O5S/c1-11-18(27-12(2)20-11)19(23)21-7-8-26-16(10-22)17(21)13-5-6-14(24-3)15(9-13)25-4/h5-6,9,16-17,22H,7-8,10H2,1-4H3/t16-,17-/m1/s1. The number of amides is 1. The summed E-state index contributed by atoms with van der Waals surface area (Å²) in [5.74, 6) is 1.07. The van der Waals surface area contributed by atoms with E-state index in [-0.39, 0.29) is 12.5 Å². The van der Waals surface area contributed by atoms with Gasteiger partial charge in [0.15, 0.2) is 11.5 Å². The Bertz CT molecular complexity index is 822. The van der Waals surface area contributed by atoms with Gasteiger partial charge >= 0.3 is 0 Å². The van der Waals surface area contributed by atoms with E-state index in [2.05, 4.69) is 4.98 Å². The van der Waals surface area contributed by atoms with Gasteiger partial charge in [0.2, 0.25) is 0 Å². The van der Waals surface area contributed by atoms with Crippen LogP contribution in [0, 0.1) is 13.8 Å². The Labute approximate surface area is 162 Å². The topological polar surface area (TPSA) is 81.1 Å². The minimum atomic E-state index is -0.518. The largest absolute Gasteiger partial charge is 0.493 e. The first kappa shape index (κ1) is 19.6. The van der Waals surface area contributed by atoms with Gasteiger partial charge in [0.25, 0.3) is 5.91 Å². The summed E-state index contributed by atoms with van der Waals surface area (Å²) in [6.07, 6.45) is -0.518. The van der Waals surface area contributed by atoms with Crippen LogP contribution >= 0.6 is 11.3 Å². The minimum absolute atomic E-state index is 0.0976. The van der Waals surface area contributed by atoms with E-state index in [1.54, 1.807) is 25.2 Å². The molecule has 3 rings (SSSR count). The van der Waals surface area contributed by atoms with Crippen LogP contribution in [-0.2, 0) is 4.74 Å². The summed E-state index contributed by atoms with van der Waals surface area (Å²) in [6, 6.07) is 5.06. The summed E-state index contributed by atoms with van der Waals surface area (Å²) in [6.45, 7) is 4.34. The minimum Gasteiger partial charge on any atom is -0.493 e. The van der Waals surface area contributed by atoms with Crippen LogP contribution < -0.4 is 9.47 Å². The van der Waals surface area contributed by atoms with Crippen molar-refractivity contribution >= 4 is 17.2 Å². The molecular formula is C19H24N2O5S. The second-order valence-corrected chi connectivity index (χ2v) is 7.50. The second-order valence-electron chi connectivity index (χ2n) is 6.30. The van der Waals surface area contributed by atoms with Crippen LogP contribution in [0.3, 0.4) is 0 Å². The Kier molecular flexibility index (Phi) is 5.98. The smallest absolute Gasteiger partial charge is 0.266 e. The predicted octanol–water partition coefficient (Wildman–Crippen LogP) is 2.35. The van der Waals surface area contributed by atoms with Crippen molar-refractivity contribution in [2.45, 2.75) is 26.0 Å². The average Bonchev–Trinajstić information content (AvgIpc) is 3.04. The Morgan fingerprint density at radius 2 is 2.07 bits per heavy atom. The number of rotatable bonds is 5. The molecule has 0 saturated carbocycles. The van der Waals surface area contributed by atoms with Gasteiger partial charge < -0.3 is 24.2 Å². The first-order chi connectivity index (χ1) is 13.0. The van der Waals surface area contributed by atoms with Crippen molar-refractivity contribution in [1.82, 2.24) is 9.88 Å². The molecule has 1 aromatic heterocycles. The molecule has 1 N–H and O–H groups in total. The normalized spacial score (nSPS) is 19.8. The molecule has 0 spiro atoms. The molecule has 0 bridgehead atoms.